The second-order valence-corrected chi connectivity index (χ2v) is 1.93. The Labute approximate surface area is 65.8 Å². The van der Waals surface area contributed by atoms with Gasteiger partial charge in [0.15, 0.2) is 0 Å². The van der Waals surface area contributed by atoms with Gasteiger partial charge in [-0.1, -0.05) is 0 Å². The number of hydrogen-bond donors (Lipinski definition) is 0. The summed E-state index contributed by atoms with van der Waals surface area (Å²) in [7, 11) is 0. The van der Waals surface area contributed by atoms with E-state index < -0.39 is 0 Å². The van der Waals surface area contributed by atoms with Crippen LogP contribution in [0.4, 0.5) is 0 Å². The Bertz CT molecular complexity index is 221. The first-order valence-corrected chi connectivity index (χ1v) is 3.46. The summed E-state index contributed by atoms with van der Waals surface area (Å²) in [6.45, 7) is 2.62. The van der Waals surface area contributed by atoms with Gasteiger partial charge in [0.1, 0.15) is 6.33 Å². The van der Waals surface area contributed by atoms with Gasteiger partial charge < -0.3 is 4.74 Å². The fourth-order valence-corrected chi connectivity index (χ4v) is 0.620. The number of rotatable bonds is 3. The molecular weight excluding hydrogens is 140 g/mol. The van der Waals surface area contributed by atoms with Crippen molar-refractivity contribution < 1.29 is 4.74 Å². The van der Waals surface area contributed by atoms with E-state index in [2.05, 4.69) is 9.97 Å². The smallest absolute Gasteiger partial charge is 0.115 e. The molecule has 0 N–H and O–H groups in total. The minimum Gasteiger partial charge on any atom is -0.501 e. The van der Waals surface area contributed by atoms with Crippen LogP contribution in [-0.2, 0) is 4.74 Å². The first kappa shape index (κ1) is 7.72. The molecule has 58 valence electrons. The molecule has 0 aromatic carbocycles. The number of aromatic nitrogens is 2. The van der Waals surface area contributed by atoms with E-state index in [1.807, 2.05) is 13.0 Å². The molecule has 3 nitrogen and oxygen atoms in total. The molecule has 0 spiro atoms. The van der Waals surface area contributed by atoms with Crippen molar-refractivity contribution in [1.82, 2.24) is 9.97 Å². The number of hydrogen-bond acceptors (Lipinski definition) is 3. The van der Waals surface area contributed by atoms with Crippen LogP contribution in [0.3, 0.4) is 0 Å². The van der Waals surface area contributed by atoms with Gasteiger partial charge in [-0.3, -0.25) is 0 Å². The van der Waals surface area contributed by atoms with Gasteiger partial charge in [-0.2, -0.15) is 0 Å². The van der Waals surface area contributed by atoms with Crippen LogP contribution in [0.1, 0.15) is 12.5 Å². The van der Waals surface area contributed by atoms with Crippen LogP contribution in [0.5, 0.6) is 0 Å². The highest BCUT2D eigenvalue weighted by Crippen LogP contribution is 1.95. The van der Waals surface area contributed by atoms with Crippen molar-refractivity contribution in [3.8, 4) is 0 Å². The zero-order chi connectivity index (χ0) is 7.94. The highest BCUT2D eigenvalue weighted by Gasteiger charge is 1.82. The standard InChI is InChI=1S/C8H10N2O/c1-2-11-4-3-8-5-9-7-10-6-8/h3-7H,2H2,1H3/b4-3-. The lowest BCUT2D eigenvalue weighted by molar-refractivity contribution is 0.272. The SMILES string of the molecule is CCO/C=C\c1cncnc1. The molecule has 0 radical (unpaired) electrons. The van der Waals surface area contributed by atoms with Gasteiger partial charge in [-0.15, -0.1) is 0 Å². The molecule has 0 aliphatic heterocycles. The lowest BCUT2D eigenvalue weighted by Crippen LogP contribution is -1.80. The van der Waals surface area contributed by atoms with Crippen molar-refractivity contribution in [2.45, 2.75) is 6.92 Å². The summed E-state index contributed by atoms with van der Waals surface area (Å²) >= 11 is 0. The predicted octanol–water partition coefficient (Wildman–Crippen LogP) is 1.48. The molecule has 0 fully saturated rings. The number of nitrogens with zero attached hydrogens (tertiary/aromatic N) is 2. The average Bonchev–Trinajstić information content (AvgIpc) is 2.07. The van der Waals surface area contributed by atoms with Gasteiger partial charge in [-0.05, 0) is 13.0 Å². The third kappa shape index (κ3) is 2.80. The van der Waals surface area contributed by atoms with E-state index in [-0.39, 0.29) is 0 Å². The van der Waals surface area contributed by atoms with Crippen LogP contribution in [0, 0.1) is 0 Å². The lowest BCUT2D eigenvalue weighted by atomic mass is 10.3. The zero-order valence-corrected chi connectivity index (χ0v) is 6.40. The maximum atomic E-state index is 5.00. The quantitative estimate of drug-likeness (QED) is 0.612. The van der Waals surface area contributed by atoms with Crippen molar-refractivity contribution in [2.24, 2.45) is 0 Å². The molecule has 1 aromatic rings. The van der Waals surface area contributed by atoms with Crippen LogP contribution in [0.25, 0.3) is 6.08 Å². The molecule has 0 saturated heterocycles. The summed E-state index contributed by atoms with van der Waals surface area (Å²) in [6, 6.07) is 0. The predicted molar refractivity (Wildman–Crippen MR) is 42.7 cm³/mol. The van der Waals surface area contributed by atoms with Gasteiger partial charge in [0.2, 0.25) is 0 Å². The summed E-state index contributed by atoms with van der Waals surface area (Å²) in [5.74, 6) is 0. The van der Waals surface area contributed by atoms with E-state index >= 15 is 0 Å². The van der Waals surface area contributed by atoms with Crippen LogP contribution >= 0.6 is 0 Å². The molecule has 0 bridgehead atoms. The summed E-state index contributed by atoms with van der Waals surface area (Å²) in [5.41, 5.74) is 0.945. The Morgan fingerprint density at radius 3 is 2.82 bits per heavy atom. The first-order chi connectivity index (χ1) is 5.43. The molecule has 0 atom stereocenters. The van der Waals surface area contributed by atoms with Crippen molar-refractivity contribution in [2.75, 3.05) is 6.61 Å². The van der Waals surface area contributed by atoms with Crippen LogP contribution in [0.15, 0.2) is 25.0 Å². The highest BCUT2D eigenvalue weighted by molar-refractivity contribution is 5.44. The van der Waals surface area contributed by atoms with Crippen molar-refractivity contribution in [3.63, 3.8) is 0 Å². The molecule has 1 rings (SSSR count). The van der Waals surface area contributed by atoms with E-state index in [1.54, 1.807) is 18.7 Å². The molecule has 1 heterocycles. The molecule has 1 aromatic heterocycles. The number of ether oxygens (including phenoxy) is 1. The Kier molecular flexibility index (Phi) is 3.12. The Hall–Kier alpha value is -1.38. The molecule has 0 aliphatic rings. The van der Waals surface area contributed by atoms with Crippen LogP contribution in [0.2, 0.25) is 0 Å². The Balaban J connectivity index is 2.50. The molecule has 0 saturated carbocycles. The van der Waals surface area contributed by atoms with Gasteiger partial charge in [0, 0.05) is 18.0 Å². The van der Waals surface area contributed by atoms with Crippen molar-refractivity contribution in [3.05, 3.63) is 30.5 Å². The third-order valence-electron chi connectivity index (χ3n) is 1.10. The molecule has 3 heteroatoms. The fraction of sp³-hybridized carbons (Fsp3) is 0.250. The Morgan fingerprint density at radius 1 is 1.45 bits per heavy atom. The first-order valence-electron chi connectivity index (χ1n) is 3.46. The van der Waals surface area contributed by atoms with Crippen molar-refractivity contribution in [1.29, 1.82) is 0 Å². The molecular formula is C8H10N2O. The fourth-order valence-electron chi connectivity index (χ4n) is 0.620. The highest BCUT2D eigenvalue weighted by atomic mass is 16.5. The molecule has 11 heavy (non-hydrogen) atoms. The minimum absolute atomic E-state index is 0.685. The maximum Gasteiger partial charge on any atom is 0.115 e. The summed E-state index contributed by atoms with van der Waals surface area (Å²) < 4.78 is 5.00. The second kappa shape index (κ2) is 4.44. The van der Waals surface area contributed by atoms with Gasteiger partial charge >= 0.3 is 0 Å². The monoisotopic (exact) mass is 150 g/mol. The van der Waals surface area contributed by atoms with Gasteiger partial charge in [0.25, 0.3) is 0 Å². The van der Waals surface area contributed by atoms with Crippen molar-refractivity contribution >= 4 is 6.08 Å². The summed E-state index contributed by atoms with van der Waals surface area (Å²) in [4.78, 5) is 7.69. The molecule has 0 aliphatic carbocycles. The molecule has 0 amide bonds. The lowest BCUT2D eigenvalue weighted by Gasteiger charge is -1.91. The van der Waals surface area contributed by atoms with E-state index in [9.17, 15) is 0 Å². The summed E-state index contributed by atoms with van der Waals surface area (Å²) in [6.07, 6.45) is 8.41. The minimum atomic E-state index is 0.685. The summed E-state index contributed by atoms with van der Waals surface area (Å²) in [5, 5.41) is 0. The van der Waals surface area contributed by atoms with Crippen LogP contribution in [-0.4, -0.2) is 16.6 Å². The largest absolute Gasteiger partial charge is 0.501 e. The maximum absolute atomic E-state index is 5.00. The second-order valence-electron chi connectivity index (χ2n) is 1.93. The zero-order valence-electron chi connectivity index (χ0n) is 6.40. The van der Waals surface area contributed by atoms with E-state index in [0.717, 1.165) is 5.56 Å². The van der Waals surface area contributed by atoms with Crippen LogP contribution < -0.4 is 0 Å². The van der Waals surface area contributed by atoms with E-state index in [1.165, 1.54) is 6.33 Å². The normalized spacial score (nSPS) is 10.3. The topological polar surface area (TPSA) is 35.0 Å². The average molecular weight is 150 g/mol. The Morgan fingerprint density at radius 2 is 2.18 bits per heavy atom. The van der Waals surface area contributed by atoms with E-state index in [0.29, 0.717) is 6.61 Å². The van der Waals surface area contributed by atoms with E-state index in [4.69, 9.17) is 4.74 Å². The van der Waals surface area contributed by atoms with Gasteiger partial charge in [0.05, 0.1) is 12.9 Å². The van der Waals surface area contributed by atoms with Gasteiger partial charge in [-0.25, -0.2) is 9.97 Å². The molecule has 0 unspecified atom stereocenters. The third-order valence-corrected chi connectivity index (χ3v) is 1.10.